The van der Waals surface area contributed by atoms with E-state index >= 15 is 0 Å². The van der Waals surface area contributed by atoms with E-state index in [9.17, 15) is 4.79 Å². The van der Waals surface area contributed by atoms with Gasteiger partial charge in [0.15, 0.2) is 0 Å². The number of halogens is 1. The fourth-order valence-corrected chi connectivity index (χ4v) is 1.89. The minimum atomic E-state index is -0.257. The Morgan fingerprint density at radius 3 is 2.89 bits per heavy atom. The number of hydrogen-bond acceptors (Lipinski definition) is 4. The maximum atomic E-state index is 12.1. The van der Waals surface area contributed by atoms with Crippen LogP contribution >= 0.6 is 15.9 Å². The monoisotopic (exact) mass is 321 g/mol. The fourth-order valence-electron chi connectivity index (χ4n) is 1.51. The fraction of sp³-hybridized carbons (Fsp3) is 0.0769. The summed E-state index contributed by atoms with van der Waals surface area (Å²) < 4.78 is 5.75. The van der Waals surface area contributed by atoms with Crippen molar-refractivity contribution in [2.45, 2.75) is 0 Å². The molecule has 0 atom stereocenters. The van der Waals surface area contributed by atoms with Crippen molar-refractivity contribution in [1.29, 1.82) is 0 Å². The summed E-state index contributed by atoms with van der Waals surface area (Å²) in [6.45, 7) is 0. The maximum Gasteiger partial charge on any atom is 0.255 e. The van der Waals surface area contributed by atoms with Crippen molar-refractivity contribution in [2.24, 2.45) is 0 Å². The van der Waals surface area contributed by atoms with Gasteiger partial charge in [0.25, 0.3) is 5.91 Å². The summed E-state index contributed by atoms with van der Waals surface area (Å²) in [5, 5.41) is 2.74. The predicted molar refractivity (Wildman–Crippen MR) is 77.3 cm³/mol. The number of hydrogen-bond donors (Lipinski definition) is 2. The zero-order valence-electron chi connectivity index (χ0n) is 10.2. The molecule has 98 valence electrons. The van der Waals surface area contributed by atoms with Crippen LogP contribution < -0.4 is 15.8 Å². The SMILES string of the molecule is COc1ncccc1NC(=O)c1ccc(N)c(Br)c1. The average molecular weight is 322 g/mol. The molecular formula is C13H12BrN3O2. The molecule has 19 heavy (non-hydrogen) atoms. The van der Waals surface area contributed by atoms with Crippen molar-refractivity contribution < 1.29 is 9.53 Å². The quantitative estimate of drug-likeness (QED) is 0.852. The highest BCUT2D eigenvalue weighted by Gasteiger charge is 2.11. The molecule has 1 amide bonds. The number of nitrogens with zero attached hydrogens (tertiary/aromatic N) is 1. The van der Waals surface area contributed by atoms with Crippen LogP contribution in [0.1, 0.15) is 10.4 Å². The molecule has 0 spiro atoms. The summed E-state index contributed by atoms with van der Waals surface area (Å²) in [5.74, 6) is 0.109. The van der Waals surface area contributed by atoms with Gasteiger partial charge in [-0.05, 0) is 46.3 Å². The summed E-state index contributed by atoms with van der Waals surface area (Å²) in [6.07, 6.45) is 1.59. The van der Waals surface area contributed by atoms with E-state index in [1.165, 1.54) is 7.11 Å². The Labute approximate surface area is 118 Å². The Morgan fingerprint density at radius 1 is 1.42 bits per heavy atom. The molecule has 0 aliphatic heterocycles. The lowest BCUT2D eigenvalue weighted by Gasteiger charge is -2.09. The molecule has 0 saturated heterocycles. The van der Waals surface area contributed by atoms with Gasteiger partial charge < -0.3 is 15.8 Å². The van der Waals surface area contributed by atoms with Crippen molar-refractivity contribution in [3.05, 3.63) is 46.6 Å². The van der Waals surface area contributed by atoms with Crippen LogP contribution in [-0.4, -0.2) is 18.0 Å². The Bertz CT molecular complexity index is 617. The zero-order valence-corrected chi connectivity index (χ0v) is 11.8. The molecule has 0 radical (unpaired) electrons. The van der Waals surface area contributed by atoms with Gasteiger partial charge in [-0.15, -0.1) is 0 Å². The second-order valence-corrected chi connectivity index (χ2v) is 4.60. The van der Waals surface area contributed by atoms with Crippen molar-refractivity contribution in [3.63, 3.8) is 0 Å². The molecule has 0 fully saturated rings. The number of methoxy groups -OCH3 is 1. The number of rotatable bonds is 3. The van der Waals surface area contributed by atoms with Crippen LogP contribution in [-0.2, 0) is 0 Å². The van der Waals surface area contributed by atoms with Crippen LogP contribution in [0, 0.1) is 0 Å². The molecular weight excluding hydrogens is 310 g/mol. The Balaban J connectivity index is 2.23. The number of aromatic nitrogens is 1. The number of amides is 1. The first-order valence-electron chi connectivity index (χ1n) is 5.47. The lowest BCUT2D eigenvalue weighted by Crippen LogP contribution is -2.13. The number of ether oxygens (including phenoxy) is 1. The third-order valence-electron chi connectivity index (χ3n) is 2.48. The molecule has 1 aromatic heterocycles. The van der Waals surface area contributed by atoms with Gasteiger partial charge in [0, 0.05) is 21.9 Å². The molecule has 0 aliphatic carbocycles. The van der Waals surface area contributed by atoms with E-state index in [1.54, 1.807) is 36.5 Å². The van der Waals surface area contributed by atoms with E-state index in [4.69, 9.17) is 10.5 Å². The molecule has 5 nitrogen and oxygen atoms in total. The summed E-state index contributed by atoms with van der Waals surface area (Å²) in [4.78, 5) is 16.1. The van der Waals surface area contributed by atoms with Crippen LogP contribution in [0.4, 0.5) is 11.4 Å². The first-order chi connectivity index (χ1) is 9.11. The predicted octanol–water partition coefficient (Wildman–Crippen LogP) is 2.69. The summed E-state index contributed by atoms with van der Waals surface area (Å²) in [6, 6.07) is 8.42. The van der Waals surface area contributed by atoms with Crippen molar-refractivity contribution in [1.82, 2.24) is 4.98 Å². The molecule has 6 heteroatoms. The van der Waals surface area contributed by atoms with Crippen molar-refractivity contribution in [2.75, 3.05) is 18.2 Å². The number of benzene rings is 1. The van der Waals surface area contributed by atoms with Gasteiger partial charge in [-0.25, -0.2) is 4.98 Å². The van der Waals surface area contributed by atoms with Crippen LogP contribution in [0.3, 0.4) is 0 Å². The smallest absolute Gasteiger partial charge is 0.255 e. The van der Waals surface area contributed by atoms with Gasteiger partial charge in [-0.2, -0.15) is 0 Å². The van der Waals surface area contributed by atoms with Crippen molar-refractivity contribution >= 4 is 33.2 Å². The topological polar surface area (TPSA) is 77.2 Å². The summed E-state index contributed by atoms with van der Waals surface area (Å²) >= 11 is 3.29. The summed E-state index contributed by atoms with van der Waals surface area (Å²) in [7, 11) is 1.50. The standard InChI is InChI=1S/C13H12BrN3O2/c1-19-13-11(3-2-6-16-13)17-12(18)8-4-5-10(15)9(14)7-8/h2-7H,15H2,1H3,(H,17,18). The molecule has 0 bridgehead atoms. The molecule has 1 aromatic carbocycles. The minimum absolute atomic E-state index is 0.257. The number of nitrogen functional groups attached to an aromatic ring is 1. The molecule has 3 N–H and O–H groups in total. The Hall–Kier alpha value is -2.08. The first-order valence-corrected chi connectivity index (χ1v) is 6.26. The number of nitrogens with two attached hydrogens (primary N) is 1. The van der Waals surface area contributed by atoms with Gasteiger partial charge in [0.05, 0.1) is 7.11 Å². The number of carbonyl (C=O) groups excluding carboxylic acids is 1. The normalized spacial score (nSPS) is 10.0. The van der Waals surface area contributed by atoms with Crippen LogP contribution in [0.2, 0.25) is 0 Å². The highest BCUT2D eigenvalue weighted by Crippen LogP contribution is 2.23. The minimum Gasteiger partial charge on any atom is -0.480 e. The molecule has 0 saturated carbocycles. The molecule has 0 unspecified atom stereocenters. The Morgan fingerprint density at radius 2 is 2.21 bits per heavy atom. The van der Waals surface area contributed by atoms with E-state index in [0.717, 1.165) is 0 Å². The van der Waals surface area contributed by atoms with Gasteiger partial charge in [0.2, 0.25) is 5.88 Å². The highest BCUT2D eigenvalue weighted by molar-refractivity contribution is 9.10. The van der Waals surface area contributed by atoms with E-state index in [1.807, 2.05) is 0 Å². The maximum absolute atomic E-state index is 12.1. The second kappa shape index (κ2) is 5.71. The lowest BCUT2D eigenvalue weighted by atomic mass is 10.2. The third kappa shape index (κ3) is 3.03. The lowest BCUT2D eigenvalue weighted by molar-refractivity contribution is 0.102. The largest absolute Gasteiger partial charge is 0.480 e. The van der Waals surface area contributed by atoms with Crippen molar-refractivity contribution in [3.8, 4) is 5.88 Å². The van der Waals surface area contributed by atoms with Crippen LogP contribution in [0.5, 0.6) is 5.88 Å². The van der Waals surface area contributed by atoms with E-state index in [-0.39, 0.29) is 5.91 Å². The second-order valence-electron chi connectivity index (χ2n) is 3.75. The third-order valence-corrected chi connectivity index (χ3v) is 3.16. The number of carbonyl (C=O) groups is 1. The number of anilines is 2. The summed E-state index contributed by atoms with van der Waals surface area (Å²) in [5.41, 5.74) is 7.27. The molecule has 2 aromatic rings. The zero-order chi connectivity index (χ0) is 13.8. The average Bonchev–Trinajstić information content (AvgIpc) is 2.42. The highest BCUT2D eigenvalue weighted by atomic mass is 79.9. The van der Waals surface area contributed by atoms with Gasteiger partial charge in [-0.1, -0.05) is 0 Å². The first kappa shape index (κ1) is 13.4. The molecule has 0 aliphatic rings. The van der Waals surface area contributed by atoms with Gasteiger partial charge in [0.1, 0.15) is 5.69 Å². The van der Waals surface area contributed by atoms with Crippen LogP contribution in [0.15, 0.2) is 41.0 Å². The van der Waals surface area contributed by atoms with E-state index in [2.05, 4.69) is 26.2 Å². The van der Waals surface area contributed by atoms with Crippen LogP contribution in [0.25, 0.3) is 0 Å². The number of nitrogens with one attached hydrogen (secondary N) is 1. The molecule has 2 rings (SSSR count). The molecule has 1 heterocycles. The van der Waals surface area contributed by atoms with Gasteiger partial charge >= 0.3 is 0 Å². The van der Waals surface area contributed by atoms with E-state index in [0.29, 0.717) is 27.3 Å². The van der Waals surface area contributed by atoms with Gasteiger partial charge in [-0.3, -0.25) is 4.79 Å². The van der Waals surface area contributed by atoms with E-state index < -0.39 is 0 Å². The number of pyridine rings is 1. The Kier molecular flexibility index (Phi) is 4.01.